The van der Waals surface area contributed by atoms with Crippen LogP contribution >= 0.6 is 23.2 Å². The second-order valence-electron chi connectivity index (χ2n) is 4.21. The summed E-state index contributed by atoms with van der Waals surface area (Å²) in [5.74, 6) is -0.844. The zero-order valence-electron chi connectivity index (χ0n) is 10.9. The highest BCUT2D eigenvalue weighted by molar-refractivity contribution is 7.90. The van der Waals surface area contributed by atoms with Crippen LogP contribution in [0.4, 0.5) is 0 Å². The standard InChI is InChI=1S/C14H9Cl2NO4S/c15-12-4-2-1-3-11(12)14(19)17-22(20,21)10-7-5-9(6-8-10)13(16)18/h1-8H,(H,17,19). The van der Waals surface area contributed by atoms with E-state index in [4.69, 9.17) is 23.2 Å². The molecule has 2 rings (SSSR count). The van der Waals surface area contributed by atoms with Crippen LogP contribution in [0.15, 0.2) is 53.4 Å². The van der Waals surface area contributed by atoms with Crippen LogP contribution in [0.1, 0.15) is 20.7 Å². The summed E-state index contributed by atoms with van der Waals surface area (Å²) in [5, 5.41) is -0.567. The van der Waals surface area contributed by atoms with Gasteiger partial charge in [0.25, 0.3) is 21.2 Å². The van der Waals surface area contributed by atoms with Crippen molar-refractivity contribution >= 4 is 44.4 Å². The predicted molar refractivity (Wildman–Crippen MR) is 82.7 cm³/mol. The lowest BCUT2D eigenvalue weighted by Crippen LogP contribution is -2.30. The van der Waals surface area contributed by atoms with E-state index in [9.17, 15) is 18.0 Å². The monoisotopic (exact) mass is 357 g/mol. The Morgan fingerprint density at radius 1 is 0.955 bits per heavy atom. The van der Waals surface area contributed by atoms with Crippen LogP contribution in [0.25, 0.3) is 0 Å². The van der Waals surface area contributed by atoms with E-state index in [-0.39, 0.29) is 21.0 Å². The molecule has 1 amide bonds. The van der Waals surface area contributed by atoms with Crippen LogP contribution in [-0.4, -0.2) is 19.6 Å². The fourth-order valence-corrected chi connectivity index (χ4v) is 2.96. The highest BCUT2D eigenvalue weighted by Gasteiger charge is 2.20. The first-order valence-electron chi connectivity index (χ1n) is 5.93. The number of hydrogen-bond donors (Lipinski definition) is 1. The Balaban J connectivity index is 2.26. The fraction of sp³-hybridized carbons (Fsp3) is 0. The third-order valence-corrected chi connectivity index (χ3v) is 4.63. The molecule has 22 heavy (non-hydrogen) atoms. The summed E-state index contributed by atoms with van der Waals surface area (Å²) in [5.41, 5.74) is 0.193. The predicted octanol–water partition coefficient (Wildman–Crippen LogP) is 2.84. The van der Waals surface area contributed by atoms with E-state index in [0.29, 0.717) is 0 Å². The van der Waals surface area contributed by atoms with Crippen molar-refractivity contribution in [2.45, 2.75) is 4.90 Å². The average molecular weight is 358 g/mol. The van der Waals surface area contributed by atoms with Gasteiger partial charge < -0.3 is 0 Å². The summed E-state index contributed by atoms with van der Waals surface area (Å²) in [6.07, 6.45) is 0. The molecule has 0 atom stereocenters. The molecule has 0 saturated carbocycles. The minimum atomic E-state index is -4.08. The van der Waals surface area contributed by atoms with Crippen molar-refractivity contribution in [3.8, 4) is 0 Å². The van der Waals surface area contributed by atoms with Crippen molar-refractivity contribution in [2.24, 2.45) is 0 Å². The van der Waals surface area contributed by atoms with Crippen molar-refractivity contribution < 1.29 is 18.0 Å². The average Bonchev–Trinajstić information content (AvgIpc) is 2.47. The molecule has 0 heterocycles. The van der Waals surface area contributed by atoms with Gasteiger partial charge in [0.1, 0.15) is 0 Å². The fourth-order valence-electron chi connectivity index (χ4n) is 1.65. The van der Waals surface area contributed by atoms with Crippen LogP contribution in [0.5, 0.6) is 0 Å². The molecule has 0 bridgehead atoms. The van der Waals surface area contributed by atoms with Crippen molar-refractivity contribution in [2.75, 3.05) is 0 Å². The van der Waals surface area contributed by atoms with Gasteiger partial charge >= 0.3 is 0 Å². The largest absolute Gasteiger partial charge is 0.276 e. The SMILES string of the molecule is O=C(Cl)c1ccc(S(=O)(=O)NC(=O)c2ccccc2Cl)cc1. The Kier molecular flexibility index (Phi) is 4.85. The van der Waals surface area contributed by atoms with Crippen LogP contribution < -0.4 is 4.72 Å². The maximum Gasteiger partial charge on any atom is 0.266 e. The quantitative estimate of drug-likeness (QED) is 0.853. The van der Waals surface area contributed by atoms with Gasteiger partial charge in [0.2, 0.25) is 0 Å². The maximum atomic E-state index is 12.1. The molecule has 0 spiro atoms. The first kappa shape index (κ1) is 16.5. The van der Waals surface area contributed by atoms with Crippen molar-refractivity contribution in [3.63, 3.8) is 0 Å². The number of carbonyl (C=O) groups is 2. The number of hydrogen-bond acceptors (Lipinski definition) is 4. The number of halogens is 2. The molecule has 2 aromatic carbocycles. The van der Waals surface area contributed by atoms with Gasteiger partial charge in [-0.3, -0.25) is 9.59 Å². The summed E-state index contributed by atoms with van der Waals surface area (Å²) in [4.78, 5) is 22.7. The van der Waals surface area contributed by atoms with E-state index < -0.39 is 21.2 Å². The molecular formula is C14H9Cl2NO4S. The van der Waals surface area contributed by atoms with Crippen molar-refractivity contribution in [1.29, 1.82) is 0 Å². The van der Waals surface area contributed by atoms with Gasteiger partial charge in [0.15, 0.2) is 0 Å². The summed E-state index contributed by atoms with van der Waals surface area (Å²) in [6, 6.07) is 10.9. The number of benzene rings is 2. The Hall–Kier alpha value is -1.89. The van der Waals surface area contributed by atoms with E-state index in [0.717, 1.165) is 0 Å². The van der Waals surface area contributed by atoms with Gasteiger partial charge in [-0.1, -0.05) is 23.7 Å². The molecule has 0 radical (unpaired) electrons. The number of rotatable bonds is 4. The lowest BCUT2D eigenvalue weighted by Gasteiger charge is -2.08. The van der Waals surface area contributed by atoms with E-state index in [1.54, 1.807) is 12.1 Å². The lowest BCUT2D eigenvalue weighted by molar-refractivity contribution is 0.0980. The molecule has 1 N–H and O–H groups in total. The highest BCUT2D eigenvalue weighted by atomic mass is 35.5. The van der Waals surface area contributed by atoms with Crippen molar-refractivity contribution in [1.82, 2.24) is 4.72 Å². The maximum absolute atomic E-state index is 12.1. The van der Waals surface area contributed by atoms with E-state index >= 15 is 0 Å². The van der Waals surface area contributed by atoms with E-state index in [1.165, 1.54) is 36.4 Å². The van der Waals surface area contributed by atoms with E-state index in [2.05, 4.69) is 0 Å². The molecular weight excluding hydrogens is 349 g/mol. The van der Waals surface area contributed by atoms with Crippen LogP contribution in [0.3, 0.4) is 0 Å². The van der Waals surface area contributed by atoms with Crippen LogP contribution in [0, 0.1) is 0 Å². The van der Waals surface area contributed by atoms with Gasteiger partial charge in [-0.05, 0) is 48.0 Å². The molecule has 0 aromatic heterocycles. The number of nitrogens with one attached hydrogen (secondary N) is 1. The van der Waals surface area contributed by atoms with Crippen LogP contribution in [-0.2, 0) is 10.0 Å². The smallest absolute Gasteiger partial charge is 0.266 e. The highest BCUT2D eigenvalue weighted by Crippen LogP contribution is 2.17. The van der Waals surface area contributed by atoms with Gasteiger partial charge in [0, 0.05) is 5.56 Å². The normalized spacial score (nSPS) is 11.0. The molecule has 0 aliphatic rings. The van der Waals surface area contributed by atoms with Crippen molar-refractivity contribution in [3.05, 3.63) is 64.7 Å². The first-order chi connectivity index (χ1) is 10.3. The van der Waals surface area contributed by atoms with Gasteiger partial charge in [0.05, 0.1) is 15.5 Å². The summed E-state index contributed by atoms with van der Waals surface area (Å²) in [6.45, 7) is 0. The molecule has 0 unspecified atom stereocenters. The Morgan fingerprint density at radius 2 is 1.55 bits per heavy atom. The van der Waals surface area contributed by atoms with Gasteiger partial charge in [-0.25, -0.2) is 13.1 Å². The number of amides is 1. The number of sulfonamides is 1. The zero-order chi connectivity index (χ0) is 16.3. The zero-order valence-corrected chi connectivity index (χ0v) is 13.2. The molecule has 5 nitrogen and oxygen atoms in total. The molecule has 0 saturated heterocycles. The lowest BCUT2D eigenvalue weighted by atomic mass is 10.2. The third-order valence-electron chi connectivity index (χ3n) is 2.74. The third kappa shape index (κ3) is 3.65. The summed E-state index contributed by atoms with van der Waals surface area (Å²) < 4.78 is 26.1. The second-order valence-corrected chi connectivity index (χ2v) is 6.65. The van der Waals surface area contributed by atoms with Crippen LogP contribution in [0.2, 0.25) is 5.02 Å². The second kappa shape index (κ2) is 6.48. The topological polar surface area (TPSA) is 80.3 Å². The first-order valence-corrected chi connectivity index (χ1v) is 8.17. The van der Waals surface area contributed by atoms with E-state index in [1.807, 2.05) is 4.72 Å². The molecule has 0 aliphatic carbocycles. The molecule has 0 fully saturated rings. The van der Waals surface area contributed by atoms with Gasteiger partial charge in [-0.2, -0.15) is 0 Å². The Morgan fingerprint density at radius 3 is 2.09 bits per heavy atom. The Labute approximate surface area is 136 Å². The minimum absolute atomic E-state index is 0.0419. The molecule has 0 aliphatic heterocycles. The molecule has 2 aromatic rings. The van der Waals surface area contributed by atoms with Gasteiger partial charge in [-0.15, -0.1) is 0 Å². The number of carbonyl (C=O) groups excluding carboxylic acids is 2. The minimum Gasteiger partial charge on any atom is -0.276 e. The summed E-state index contributed by atoms with van der Waals surface area (Å²) >= 11 is 11.1. The molecule has 114 valence electrons. The summed E-state index contributed by atoms with van der Waals surface area (Å²) in [7, 11) is -4.08. The molecule has 8 heteroatoms. The Bertz CT molecular complexity index is 832.